The van der Waals surface area contributed by atoms with Crippen LogP contribution in [0.2, 0.25) is 0 Å². The molecule has 1 saturated heterocycles. The Labute approximate surface area is 145 Å². The highest BCUT2D eigenvalue weighted by Crippen LogP contribution is 2.38. The van der Waals surface area contributed by atoms with Crippen molar-refractivity contribution < 1.29 is 0 Å². The van der Waals surface area contributed by atoms with Crippen molar-refractivity contribution in [3.8, 4) is 0 Å². The zero-order chi connectivity index (χ0) is 16.4. The van der Waals surface area contributed by atoms with Crippen molar-refractivity contribution in [2.45, 2.75) is 18.6 Å². The molecule has 1 aliphatic heterocycles. The van der Waals surface area contributed by atoms with Gasteiger partial charge in [-0.3, -0.25) is 9.97 Å². The summed E-state index contributed by atoms with van der Waals surface area (Å²) in [5.74, 6) is 0. The quantitative estimate of drug-likeness (QED) is 0.718. The maximum atomic E-state index is 5.61. The molecule has 24 heavy (non-hydrogen) atoms. The van der Waals surface area contributed by atoms with E-state index in [4.69, 9.17) is 12.2 Å². The van der Waals surface area contributed by atoms with E-state index in [1.807, 2.05) is 61.1 Å². The average Bonchev–Trinajstić information content (AvgIpc) is 3.25. The fourth-order valence-corrected chi connectivity index (χ4v) is 3.41. The van der Waals surface area contributed by atoms with Crippen molar-refractivity contribution in [3.05, 3.63) is 84.2 Å². The lowest BCUT2D eigenvalue weighted by Crippen LogP contribution is -2.29. The highest BCUT2D eigenvalue weighted by Gasteiger charge is 2.40. The van der Waals surface area contributed by atoms with Crippen molar-refractivity contribution >= 4 is 17.3 Å². The molecule has 4 rings (SSSR count). The van der Waals surface area contributed by atoms with Gasteiger partial charge in [-0.15, -0.1) is 0 Å². The van der Waals surface area contributed by atoms with E-state index in [1.165, 1.54) is 0 Å². The molecule has 2 N–H and O–H groups in total. The SMILES string of the molecule is S=C1NC(c2ccccn2)C(c2ccc[nH]2)N1Cc1ccccn1. The topological polar surface area (TPSA) is 56.8 Å². The normalized spacial score (nSPS) is 20.2. The van der Waals surface area contributed by atoms with Gasteiger partial charge in [0.2, 0.25) is 0 Å². The summed E-state index contributed by atoms with van der Waals surface area (Å²) in [7, 11) is 0. The molecule has 0 saturated carbocycles. The van der Waals surface area contributed by atoms with Crippen LogP contribution in [0.5, 0.6) is 0 Å². The number of aromatic amines is 1. The molecule has 0 amide bonds. The first kappa shape index (κ1) is 14.8. The van der Waals surface area contributed by atoms with Gasteiger partial charge in [-0.2, -0.15) is 0 Å². The van der Waals surface area contributed by atoms with Crippen LogP contribution in [0.3, 0.4) is 0 Å². The number of nitrogens with zero attached hydrogens (tertiary/aromatic N) is 3. The van der Waals surface area contributed by atoms with Crippen LogP contribution < -0.4 is 5.32 Å². The average molecular weight is 335 g/mol. The van der Waals surface area contributed by atoms with Crippen LogP contribution in [0.25, 0.3) is 0 Å². The van der Waals surface area contributed by atoms with Crippen molar-refractivity contribution in [3.63, 3.8) is 0 Å². The number of H-pyrrole nitrogens is 1. The van der Waals surface area contributed by atoms with E-state index in [0.29, 0.717) is 6.54 Å². The second kappa shape index (κ2) is 6.41. The third-order valence-electron chi connectivity index (χ3n) is 4.20. The largest absolute Gasteiger partial charge is 0.363 e. The first-order valence-corrected chi connectivity index (χ1v) is 8.25. The highest BCUT2D eigenvalue weighted by atomic mass is 32.1. The van der Waals surface area contributed by atoms with E-state index in [0.717, 1.165) is 22.2 Å². The lowest BCUT2D eigenvalue weighted by Gasteiger charge is -2.26. The van der Waals surface area contributed by atoms with Crippen molar-refractivity contribution in [2.75, 3.05) is 0 Å². The van der Waals surface area contributed by atoms with Crippen LogP contribution in [0.4, 0.5) is 0 Å². The van der Waals surface area contributed by atoms with Crippen molar-refractivity contribution in [1.82, 2.24) is 25.2 Å². The monoisotopic (exact) mass is 335 g/mol. The minimum atomic E-state index is 0.000984. The number of hydrogen-bond acceptors (Lipinski definition) is 3. The standard InChI is InChI=1S/C18H17N5S/c24-18-22-16(14-7-2-4-10-20-14)17(15-8-5-11-21-15)23(18)12-13-6-1-3-9-19-13/h1-11,16-17,21H,12H2,(H,22,24). The predicted molar refractivity (Wildman–Crippen MR) is 96.0 cm³/mol. The van der Waals surface area contributed by atoms with E-state index in [-0.39, 0.29) is 12.1 Å². The number of hydrogen-bond donors (Lipinski definition) is 2. The summed E-state index contributed by atoms with van der Waals surface area (Å²) in [5.41, 5.74) is 3.07. The van der Waals surface area contributed by atoms with E-state index in [1.54, 1.807) is 0 Å². The number of nitrogens with one attached hydrogen (secondary N) is 2. The fraction of sp³-hybridized carbons (Fsp3) is 0.167. The van der Waals surface area contributed by atoms with Gasteiger partial charge in [-0.1, -0.05) is 12.1 Å². The first-order chi connectivity index (χ1) is 11.8. The van der Waals surface area contributed by atoms with E-state index in [9.17, 15) is 0 Å². The van der Waals surface area contributed by atoms with E-state index in [2.05, 4.69) is 31.2 Å². The smallest absolute Gasteiger partial charge is 0.170 e. The lowest BCUT2D eigenvalue weighted by atomic mass is 10.0. The predicted octanol–water partition coefficient (Wildman–Crippen LogP) is 2.98. The number of aromatic nitrogens is 3. The van der Waals surface area contributed by atoms with Gasteiger partial charge in [-0.05, 0) is 48.6 Å². The molecule has 5 nitrogen and oxygen atoms in total. The van der Waals surface area contributed by atoms with Gasteiger partial charge in [0.1, 0.15) is 0 Å². The van der Waals surface area contributed by atoms with Gasteiger partial charge >= 0.3 is 0 Å². The molecule has 0 bridgehead atoms. The second-order valence-electron chi connectivity index (χ2n) is 5.70. The van der Waals surface area contributed by atoms with Gasteiger partial charge in [0.15, 0.2) is 5.11 Å². The first-order valence-electron chi connectivity index (χ1n) is 7.84. The summed E-state index contributed by atoms with van der Waals surface area (Å²) >= 11 is 5.61. The molecular weight excluding hydrogens is 318 g/mol. The summed E-state index contributed by atoms with van der Waals surface area (Å²) in [5, 5.41) is 4.14. The lowest BCUT2D eigenvalue weighted by molar-refractivity contribution is 0.303. The Kier molecular flexibility index (Phi) is 3.96. The van der Waals surface area contributed by atoms with Gasteiger partial charge in [0.05, 0.1) is 30.0 Å². The maximum Gasteiger partial charge on any atom is 0.170 e. The molecule has 0 spiro atoms. The molecule has 0 radical (unpaired) electrons. The zero-order valence-electron chi connectivity index (χ0n) is 13.0. The summed E-state index contributed by atoms with van der Waals surface area (Å²) in [6.07, 6.45) is 5.56. The van der Waals surface area contributed by atoms with Crippen molar-refractivity contribution in [2.24, 2.45) is 0 Å². The van der Waals surface area contributed by atoms with Gasteiger partial charge in [-0.25, -0.2) is 0 Å². The Hall–Kier alpha value is -2.73. The highest BCUT2D eigenvalue weighted by molar-refractivity contribution is 7.80. The Bertz CT molecular complexity index is 804. The zero-order valence-corrected chi connectivity index (χ0v) is 13.8. The van der Waals surface area contributed by atoms with Crippen LogP contribution in [0, 0.1) is 0 Å². The van der Waals surface area contributed by atoms with E-state index >= 15 is 0 Å². The van der Waals surface area contributed by atoms with Crippen LogP contribution in [0.1, 0.15) is 29.2 Å². The molecular formula is C18H17N5S. The molecule has 120 valence electrons. The van der Waals surface area contributed by atoms with Crippen LogP contribution in [-0.4, -0.2) is 25.0 Å². The third kappa shape index (κ3) is 2.76. The minimum Gasteiger partial charge on any atom is -0.363 e. The van der Waals surface area contributed by atoms with Crippen LogP contribution in [0.15, 0.2) is 67.1 Å². The molecule has 1 fully saturated rings. The summed E-state index contributed by atoms with van der Waals surface area (Å²) in [6, 6.07) is 16.0. The fourth-order valence-electron chi connectivity index (χ4n) is 3.11. The van der Waals surface area contributed by atoms with Crippen LogP contribution >= 0.6 is 12.2 Å². The second-order valence-corrected chi connectivity index (χ2v) is 6.09. The Morgan fingerprint density at radius 3 is 2.50 bits per heavy atom. The molecule has 2 atom stereocenters. The maximum absolute atomic E-state index is 5.61. The molecule has 3 aromatic rings. The molecule has 4 heterocycles. The molecule has 1 aliphatic rings. The summed E-state index contributed by atoms with van der Waals surface area (Å²) < 4.78 is 0. The third-order valence-corrected chi connectivity index (χ3v) is 4.55. The van der Waals surface area contributed by atoms with Crippen molar-refractivity contribution in [1.29, 1.82) is 0 Å². The molecule has 3 aromatic heterocycles. The summed E-state index contributed by atoms with van der Waals surface area (Å²) in [6.45, 7) is 0.652. The number of pyridine rings is 2. The Morgan fingerprint density at radius 2 is 1.83 bits per heavy atom. The van der Waals surface area contributed by atoms with Crippen LogP contribution in [-0.2, 0) is 6.54 Å². The van der Waals surface area contributed by atoms with Gasteiger partial charge in [0, 0.05) is 24.3 Å². The van der Waals surface area contributed by atoms with Gasteiger partial charge < -0.3 is 15.2 Å². The summed E-state index contributed by atoms with van der Waals surface area (Å²) in [4.78, 5) is 14.4. The molecule has 0 aliphatic carbocycles. The molecule has 6 heteroatoms. The molecule has 2 unspecified atom stereocenters. The number of rotatable bonds is 4. The Morgan fingerprint density at radius 1 is 1.00 bits per heavy atom. The Balaban J connectivity index is 1.71. The molecule has 0 aromatic carbocycles. The minimum absolute atomic E-state index is 0.000984. The van der Waals surface area contributed by atoms with E-state index < -0.39 is 0 Å². The number of thiocarbonyl (C=S) groups is 1. The van der Waals surface area contributed by atoms with Gasteiger partial charge in [0.25, 0.3) is 0 Å².